The van der Waals surface area contributed by atoms with Crippen molar-refractivity contribution < 1.29 is 23.9 Å². The zero-order chi connectivity index (χ0) is 23.2. The van der Waals surface area contributed by atoms with Gasteiger partial charge in [0.1, 0.15) is 26.5 Å². The van der Waals surface area contributed by atoms with Crippen LogP contribution in [-0.4, -0.2) is 36.1 Å². The lowest BCUT2D eigenvalue weighted by Gasteiger charge is -2.32. The minimum atomic E-state index is -1.92. The summed E-state index contributed by atoms with van der Waals surface area (Å²) in [4.78, 5) is 51.4. The van der Waals surface area contributed by atoms with Crippen molar-refractivity contribution in [3.05, 3.63) is 55.0 Å². The number of nitrogens with one attached hydrogen (secondary N) is 1. The fraction of sp³-hybridized carbons (Fsp3) is 0.190. The quantitative estimate of drug-likeness (QED) is 0.570. The van der Waals surface area contributed by atoms with E-state index in [0.717, 1.165) is 29.1 Å². The molecule has 1 amide bonds. The molecule has 1 spiro atoms. The Labute approximate surface area is 184 Å². The van der Waals surface area contributed by atoms with Crippen molar-refractivity contribution in [1.29, 1.82) is 5.26 Å². The van der Waals surface area contributed by atoms with E-state index in [1.165, 1.54) is 0 Å². The van der Waals surface area contributed by atoms with Gasteiger partial charge in [-0.05, 0) is 13.0 Å². The average Bonchev–Trinajstić information content (AvgIpc) is 3.23. The summed E-state index contributed by atoms with van der Waals surface area (Å²) in [6, 6.07) is 8.49. The van der Waals surface area contributed by atoms with E-state index < -0.39 is 28.8 Å². The minimum absolute atomic E-state index is 0.00745. The fourth-order valence-electron chi connectivity index (χ4n) is 3.96. The number of methoxy groups -OCH3 is 1. The molecule has 3 N–H and O–H groups in total. The third-order valence-electron chi connectivity index (χ3n) is 5.25. The van der Waals surface area contributed by atoms with Gasteiger partial charge in [-0.2, -0.15) is 5.26 Å². The predicted molar refractivity (Wildman–Crippen MR) is 114 cm³/mol. The van der Waals surface area contributed by atoms with Crippen LogP contribution in [0.3, 0.4) is 0 Å². The summed E-state index contributed by atoms with van der Waals surface area (Å²) in [5, 5.41) is 12.7. The van der Waals surface area contributed by atoms with Crippen molar-refractivity contribution in [3.63, 3.8) is 0 Å². The van der Waals surface area contributed by atoms with Gasteiger partial charge in [0.25, 0.3) is 5.56 Å². The first-order valence-electron chi connectivity index (χ1n) is 9.37. The molecule has 0 fully saturated rings. The number of para-hydroxylation sites is 1. The Hall–Kier alpha value is -4.17. The standard InChI is InChI=1S/C21H16N4O6S/c1-3-31-19(28)15-18-25(17(27)13(32-18)8-14(26)30-2)16(23)11(9-22)21(15)10-6-4-5-7-12(10)24-20(21)29/h4-8H,3,23H2,1-2H3,(H,24,29)/b13-8-/t21-/m1/s1. The number of ether oxygens (including phenoxy) is 2. The number of benzene rings is 1. The zero-order valence-corrected chi connectivity index (χ0v) is 17.7. The Morgan fingerprint density at radius 3 is 2.72 bits per heavy atom. The molecule has 0 unspecified atom stereocenters. The number of carbonyl (C=O) groups is 3. The van der Waals surface area contributed by atoms with E-state index in [1.54, 1.807) is 31.2 Å². The van der Waals surface area contributed by atoms with Gasteiger partial charge in [-0.1, -0.05) is 18.2 Å². The number of rotatable bonds is 3. The number of anilines is 1. The van der Waals surface area contributed by atoms with E-state index in [-0.39, 0.29) is 32.8 Å². The van der Waals surface area contributed by atoms with Crippen LogP contribution in [0.25, 0.3) is 17.5 Å². The summed E-state index contributed by atoms with van der Waals surface area (Å²) < 4.78 is 10.7. The van der Waals surface area contributed by atoms with E-state index in [1.807, 2.05) is 6.07 Å². The normalized spacial score (nSPS) is 19.3. The summed E-state index contributed by atoms with van der Waals surface area (Å²) in [5.74, 6) is -2.67. The molecule has 2 aliphatic rings. The van der Waals surface area contributed by atoms with E-state index in [4.69, 9.17) is 10.5 Å². The highest BCUT2D eigenvalue weighted by Gasteiger charge is 2.59. The molecule has 0 saturated carbocycles. The first-order chi connectivity index (χ1) is 15.3. The molecule has 4 rings (SSSR count). The Morgan fingerprint density at radius 1 is 1.34 bits per heavy atom. The van der Waals surface area contributed by atoms with E-state index >= 15 is 0 Å². The number of hydrogen-bond acceptors (Lipinski definition) is 9. The van der Waals surface area contributed by atoms with Crippen molar-refractivity contribution in [2.45, 2.75) is 12.3 Å². The van der Waals surface area contributed by atoms with Crippen molar-refractivity contribution in [1.82, 2.24) is 4.57 Å². The molecular formula is C21H16N4O6S. The van der Waals surface area contributed by atoms with Crippen molar-refractivity contribution in [2.24, 2.45) is 5.73 Å². The smallest absolute Gasteiger partial charge is 0.338 e. The number of carbonyl (C=O) groups excluding carboxylic acids is 3. The third-order valence-corrected chi connectivity index (χ3v) is 6.34. The van der Waals surface area contributed by atoms with Gasteiger partial charge in [0.05, 0.1) is 24.9 Å². The topological polar surface area (TPSA) is 154 Å². The highest BCUT2D eigenvalue weighted by atomic mass is 32.1. The molecule has 1 aromatic heterocycles. The van der Waals surface area contributed by atoms with E-state index in [9.17, 15) is 24.4 Å². The first kappa shape index (κ1) is 21.1. The lowest BCUT2D eigenvalue weighted by atomic mass is 9.68. The fourth-order valence-corrected chi connectivity index (χ4v) is 5.12. The summed E-state index contributed by atoms with van der Waals surface area (Å²) in [7, 11) is 1.15. The highest BCUT2D eigenvalue weighted by molar-refractivity contribution is 7.07. The predicted octanol–water partition coefficient (Wildman–Crippen LogP) is -0.868. The second-order valence-corrected chi connectivity index (χ2v) is 7.83. The second-order valence-electron chi connectivity index (χ2n) is 6.80. The zero-order valence-electron chi connectivity index (χ0n) is 16.9. The number of esters is 2. The third kappa shape index (κ3) is 2.63. The maximum Gasteiger partial charge on any atom is 0.338 e. The van der Waals surface area contributed by atoms with Gasteiger partial charge < -0.3 is 20.5 Å². The largest absolute Gasteiger partial charge is 0.466 e. The number of nitriles is 1. The summed E-state index contributed by atoms with van der Waals surface area (Å²) in [6.07, 6.45) is 0.954. The molecule has 1 atom stereocenters. The Bertz CT molecular complexity index is 1460. The monoisotopic (exact) mass is 452 g/mol. The molecule has 10 nitrogen and oxygen atoms in total. The Morgan fingerprint density at radius 2 is 2.06 bits per heavy atom. The number of aromatic nitrogens is 1. The average molecular weight is 452 g/mol. The Kier molecular flexibility index (Phi) is 4.94. The number of nitrogens with zero attached hydrogens (tertiary/aromatic N) is 2. The van der Waals surface area contributed by atoms with Crippen molar-refractivity contribution in [2.75, 3.05) is 19.0 Å². The van der Waals surface area contributed by atoms with Crippen LogP contribution in [0.1, 0.15) is 12.5 Å². The number of amides is 1. The summed E-state index contributed by atoms with van der Waals surface area (Å²) >= 11 is 0.774. The van der Waals surface area contributed by atoms with E-state index in [2.05, 4.69) is 10.1 Å². The lowest BCUT2D eigenvalue weighted by Crippen LogP contribution is -2.50. The highest BCUT2D eigenvalue weighted by Crippen LogP contribution is 2.50. The maximum absolute atomic E-state index is 13.4. The molecule has 11 heteroatoms. The summed E-state index contributed by atoms with van der Waals surface area (Å²) in [5.41, 5.74) is 3.81. The molecular weight excluding hydrogens is 436 g/mol. The van der Waals surface area contributed by atoms with Gasteiger partial charge in [0.15, 0.2) is 0 Å². The van der Waals surface area contributed by atoms with Gasteiger partial charge in [-0.3, -0.25) is 14.2 Å². The van der Waals surface area contributed by atoms with Crippen molar-refractivity contribution >= 4 is 52.3 Å². The van der Waals surface area contributed by atoms with Gasteiger partial charge in [-0.15, -0.1) is 11.3 Å². The van der Waals surface area contributed by atoms with Crippen molar-refractivity contribution in [3.8, 4) is 6.07 Å². The summed E-state index contributed by atoms with van der Waals surface area (Å²) in [6.45, 7) is 1.57. The maximum atomic E-state index is 13.4. The van der Waals surface area contributed by atoms with Gasteiger partial charge in [-0.25, -0.2) is 9.59 Å². The molecule has 2 aromatic rings. The molecule has 2 aliphatic heterocycles. The van der Waals surface area contributed by atoms with Crippen LogP contribution < -0.4 is 25.8 Å². The Balaban J connectivity index is 2.27. The van der Waals surface area contributed by atoms with E-state index in [0.29, 0.717) is 11.3 Å². The molecule has 0 radical (unpaired) electrons. The van der Waals surface area contributed by atoms with Gasteiger partial charge in [0, 0.05) is 17.3 Å². The number of hydrogen-bond donors (Lipinski definition) is 2. The molecule has 32 heavy (non-hydrogen) atoms. The number of nitrogens with two attached hydrogens (primary N) is 1. The molecule has 162 valence electrons. The molecule has 0 aliphatic carbocycles. The minimum Gasteiger partial charge on any atom is -0.466 e. The SMILES string of the molecule is CCOC(=O)C1=c2s/c(=C\C(=O)OC)c(=O)n2C(N)=C(C#N)[C@@]12C(=O)Nc1ccccc12. The van der Waals surface area contributed by atoms with Crippen LogP contribution in [0.5, 0.6) is 0 Å². The van der Waals surface area contributed by atoms with Crippen LogP contribution in [0.2, 0.25) is 0 Å². The van der Waals surface area contributed by atoms with Crippen LogP contribution in [0.4, 0.5) is 5.69 Å². The van der Waals surface area contributed by atoms with Crippen LogP contribution in [-0.2, 0) is 29.3 Å². The van der Waals surface area contributed by atoms with Gasteiger partial charge >= 0.3 is 11.9 Å². The van der Waals surface area contributed by atoms with Crippen LogP contribution in [0.15, 0.2) is 34.6 Å². The molecule has 1 aromatic carbocycles. The number of thiazole rings is 1. The molecule has 0 saturated heterocycles. The molecule has 0 bridgehead atoms. The first-order valence-corrected chi connectivity index (χ1v) is 10.2. The number of fused-ring (bicyclic) bond motifs is 3. The lowest BCUT2D eigenvalue weighted by molar-refractivity contribution is -0.137. The van der Waals surface area contributed by atoms with Crippen LogP contribution in [0, 0.1) is 11.3 Å². The second kappa shape index (κ2) is 7.51. The van der Waals surface area contributed by atoms with Gasteiger partial charge in [0.2, 0.25) is 5.91 Å². The molecule has 3 heterocycles. The van der Waals surface area contributed by atoms with Crippen LogP contribution >= 0.6 is 11.3 Å².